The summed E-state index contributed by atoms with van der Waals surface area (Å²) in [5.74, 6) is 0.921. The van der Waals surface area contributed by atoms with E-state index in [9.17, 15) is 14.7 Å². The van der Waals surface area contributed by atoms with Crippen molar-refractivity contribution >= 4 is 11.9 Å². The molecule has 1 N–H and O–H groups in total. The van der Waals surface area contributed by atoms with E-state index in [2.05, 4.69) is 24.0 Å². The van der Waals surface area contributed by atoms with Crippen LogP contribution in [0.5, 0.6) is 5.75 Å². The number of rotatable bonds is 5. The van der Waals surface area contributed by atoms with Crippen LogP contribution in [-0.4, -0.2) is 49.3 Å². The van der Waals surface area contributed by atoms with Gasteiger partial charge in [-0.25, -0.2) is 4.79 Å². The van der Waals surface area contributed by atoms with Crippen molar-refractivity contribution in [3.63, 3.8) is 0 Å². The van der Waals surface area contributed by atoms with Crippen molar-refractivity contribution in [1.82, 2.24) is 19.7 Å². The highest BCUT2D eigenvalue weighted by molar-refractivity contribution is 5.96. The molecule has 0 radical (unpaired) electrons. The molecule has 0 saturated carbocycles. The van der Waals surface area contributed by atoms with Gasteiger partial charge in [-0.2, -0.15) is 0 Å². The Bertz CT molecular complexity index is 813. The molecule has 0 aliphatic carbocycles. The fourth-order valence-corrected chi connectivity index (χ4v) is 2.86. The minimum Gasteiger partial charge on any atom is -0.493 e. The van der Waals surface area contributed by atoms with Crippen LogP contribution in [0.15, 0.2) is 24.3 Å². The van der Waals surface area contributed by atoms with Crippen molar-refractivity contribution in [3.8, 4) is 5.75 Å². The summed E-state index contributed by atoms with van der Waals surface area (Å²) in [5, 5.41) is 17.6. The van der Waals surface area contributed by atoms with Gasteiger partial charge in [-0.15, -0.1) is 10.2 Å². The standard InChI is InChI=1S/C18H22N4O4/c1-11(2)10-26-14-6-4-13(5-7-14)17(23)22-9-16-20-19-12(3)21(16)8-15(22)18(24)25/h4-7,11,15H,8-10H2,1-3H3,(H,24,25). The highest BCUT2D eigenvalue weighted by atomic mass is 16.5. The van der Waals surface area contributed by atoms with Crippen LogP contribution in [0.1, 0.15) is 35.9 Å². The quantitative estimate of drug-likeness (QED) is 0.874. The maximum Gasteiger partial charge on any atom is 0.328 e. The topological polar surface area (TPSA) is 97.5 Å². The largest absolute Gasteiger partial charge is 0.493 e. The molecule has 1 aliphatic rings. The highest BCUT2D eigenvalue weighted by Gasteiger charge is 2.36. The van der Waals surface area contributed by atoms with Gasteiger partial charge in [0.25, 0.3) is 5.91 Å². The molecule has 1 aromatic heterocycles. The third kappa shape index (κ3) is 3.54. The van der Waals surface area contributed by atoms with Crippen LogP contribution in [0, 0.1) is 12.8 Å². The van der Waals surface area contributed by atoms with Crippen molar-refractivity contribution in [2.45, 2.75) is 39.9 Å². The van der Waals surface area contributed by atoms with Gasteiger partial charge in [0.1, 0.15) is 17.6 Å². The summed E-state index contributed by atoms with van der Waals surface area (Å²) in [7, 11) is 0. The van der Waals surface area contributed by atoms with E-state index >= 15 is 0 Å². The lowest BCUT2D eigenvalue weighted by atomic mass is 10.1. The average molecular weight is 358 g/mol. The van der Waals surface area contributed by atoms with Gasteiger partial charge in [-0.05, 0) is 37.1 Å². The van der Waals surface area contributed by atoms with Gasteiger partial charge in [0.05, 0.1) is 19.7 Å². The number of hydrogen-bond donors (Lipinski definition) is 1. The number of benzene rings is 1. The van der Waals surface area contributed by atoms with Crippen LogP contribution >= 0.6 is 0 Å². The van der Waals surface area contributed by atoms with Crippen LogP contribution in [0.4, 0.5) is 0 Å². The Morgan fingerprint density at radius 3 is 2.58 bits per heavy atom. The van der Waals surface area contributed by atoms with Gasteiger partial charge in [0.15, 0.2) is 5.82 Å². The maximum atomic E-state index is 12.9. The van der Waals surface area contributed by atoms with Gasteiger partial charge in [0, 0.05) is 5.56 Å². The van der Waals surface area contributed by atoms with Gasteiger partial charge in [0.2, 0.25) is 0 Å². The Morgan fingerprint density at radius 2 is 1.96 bits per heavy atom. The number of amides is 1. The predicted octanol–water partition coefficient (Wildman–Crippen LogP) is 1.73. The second kappa shape index (κ2) is 7.15. The second-order valence-electron chi connectivity index (χ2n) is 6.79. The minimum atomic E-state index is -1.05. The molecule has 1 atom stereocenters. The summed E-state index contributed by atoms with van der Waals surface area (Å²) in [4.78, 5) is 25.9. The molecule has 8 heteroatoms. The van der Waals surface area contributed by atoms with E-state index < -0.39 is 12.0 Å². The Hall–Kier alpha value is -2.90. The number of carboxylic acid groups (broad SMARTS) is 1. The van der Waals surface area contributed by atoms with E-state index in [1.54, 1.807) is 35.8 Å². The predicted molar refractivity (Wildman–Crippen MR) is 92.8 cm³/mol. The van der Waals surface area contributed by atoms with E-state index in [0.29, 0.717) is 35.5 Å². The fourth-order valence-electron chi connectivity index (χ4n) is 2.86. The number of aliphatic carboxylic acids is 1. The third-order valence-electron chi connectivity index (χ3n) is 4.29. The molecule has 138 valence electrons. The number of fused-ring (bicyclic) bond motifs is 1. The molecule has 0 saturated heterocycles. The summed E-state index contributed by atoms with van der Waals surface area (Å²) < 4.78 is 7.36. The van der Waals surface area contributed by atoms with E-state index in [4.69, 9.17) is 4.74 Å². The van der Waals surface area contributed by atoms with Crippen molar-refractivity contribution in [2.24, 2.45) is 5.92 Å². The van der Waals surface area contributed by atoms with Crippen molar-refractivity contribution in [1.29, 1.82) is 0 Å². The maximum absolute atomic E-state index is 12.9. The first-order valence-corrected chi connectivity index (χ1v) is 8.52. The Labute approximate surface area is 151 Å². The highest BCUT2D eigenvalue weighted by Crippen LogP contribution is 2.22. The van der Waals surface area contributed by atoms with Crippen LogP contribution in [-0.2, 0) is 17.9 Å². The summed E-state index contributed by atoms with van der Waals surface area (Å²) in [6.45, 7) is 6.73. The summed E-state index contributed by atoms with van der Waals surface area (Å²) >= 11 is 0. The smallest absolute Gasteiger partial charge is 0.328 e. The van der Waals surface area contributed by atoms with Gasteiger partial charge in [-0.1, -0.05) is 13.8 Å². The molecular formula is C18H22N4O4. The number of carbonyl (C=O) groups excluding carboxylic acids is 1. The second-order valence-corrected chi connectivity index (χ2v) is 6.79. The number of aromatic nitrogens is 3. The molecule has 26 heavy (non-hydrogen) atoms. The Morgan fingerprint density at radius 1 is 1.27 bits per heavy atom. The zero-order valence-electron chi connectivity index (χ0n) is 15.0. The van der Waals surface area contributed by atoms with Gasteiger partial charge >= 0.3 is 5.97 Å². The van der Waals surface area contributed by atoms with Gasteiger partial charge in [-0.3, -0.25) is 4.79 Å². The molecule has 1 unspecified atom stereocenters. The van der Waals surface area contributed by atoms with Crippen molar-refractivity contribution in [2.75, 3.05) is 6.61 Å². The van der Waals surface area contributed by atoms with Crippen LogP contribution in [0.25, 0.3) is 0 Å². The zero-order valence-corrected chi connectivity index (χ0v) is 15.0. The summed E-state index contributed by atoms with van der Waals surface area (Å²) in [6, 6.07) is 5.80. The third-order valence-corrected chi connectivity index (χ3v) is 4.29. The fraction of sp³-hybridized carbons (Fsp3) is 0.444. The molecule has 0 bridgehead atoms. The molecule has 2 heterocycles. The Balaban J connectivity index is 1.80. The molecule has 0 spiro atoms. The van der Waals surface area contributed by atoms with Crippen LogP contribution < -0.4 is 4.74 Å². The number of nitrogens with zero attached hydrogens (tertiary/aromatic N) is 4. The first kappa shape index (κ1) is 17.9. The van der Waals surface area contributed by atoms with Crippen LogP contribution in [0.2, 0.25) is 0 Å². The van der Waals surface area contributed by atoms with E-state index in [0.717, 1.165) is 0 Å². The number of carboxylic acids is 1. The number of hydrogen-bond acceptors (Lipinski definition) is 5. The average Bonchev–Trinajstić information content (AvgIpc) is 2.99. The molecule has 0 fully saturated rings. The van der Waals surface area contributed by atoms with Crippen molar-refractivity contribution < 1.29 is 19.4 Å². The van der Waals surface area contributed by atoms with E-state index in [-0.39, 0.29) is 19.0 Å². The lowest BCUT2D eigenvalue weighted by Gasteiger charge is -2.33. The van der Waals surface area contributed by atoms with Gasteiger partial charge < -0.3 is 19.3 Å². The summed E-state index contributed by atoms with van der Waals surface area (Å²) in [5.41, 5.74) is 0.415. The number of ether oxygens (including phenoxy) is 1. The number of aryl methyl sites for hydroxylation is 1. The normalized spacial score (nSPS) is 16.5. The first-order valence-electron chi connectivity index (χ1n) is 8.52. The van der Waals surface area contributed by atoms with E-state index in [1.807, 2.05) is 0 Å². The molecular weight excluding hydrogens is 336 g/mol. The molecule has 8 nitrogen and oxygen atoms in total. The lowest BCUT2D eigenvalue weighted by molar-refractivity contribution is -0.143. The Kier molecular flexibility index (Phi) is 4.92. The molecule has 2 aromatic rings. The van der Waals surface area contributed by atoms with Crippen molar-refractivity contribution in [3.05, 3.63) is 41.5 Å². The monoisotopic (exact) mass is 358 g/mol. The van der Waals surface area contributed by atoms with E-state index in [1.165, 1.54) is 4.90 Å². The van der Waals surface area contributed by atoms with Crippen LogP contribution in [0.3, 0.4) is 0 Å². The zero-order chi connectivity index (χ0) is 18.8. The number of carbonyl (C=O) groups is 2. The minimum absolute atomic E-state index is 0.113. The molecule has 1 aromatic carbocycles. The molecule has 1 aliphatic heterocycles. The lowest BCUT2D eigenvalue weighted by Crippen LogP contribution is -2.50. The summed E-state index contributed by atoms with van der Waals surface area (Å²) in [6.07, 6.45) is 0. The molecule has 1 amide bonds. The molecule has 3 rings (SSSR count). The SMILES string of the molecule is Cc1nnc2n1CC(C(=O)O)N(C(=O)c1ccc(OCC(C)C)cc1)C2. The first-order chi connectivity index (χ1) is 12.4.